The number of anilines is 1. The van der Waals surface area contributed by atoms with Gasteiger partial charge in [0.05, 0.1) is 5.56 Å². The molecule has 3 nitrogen and oxygen atoms in total. The Bertz CT molecular complexity index is 893. The van der Waals surface area contributed by atoms with E-state index in [1.54, 1.807) is 0 Å². The highest BCUT2D eigenvalue weighted by atomic mass is 19.4. The van der Waals surface area contributed by atoms with Gasteiger partial charge in [-0.2, -0.15) is 26.3 Å². The van der Waals surface area contributed by atoms with Gasteiger partial charge in [-0.15, -0.1) is 0 Å². The molecule has 0 atom stereocenters. The highest BCUT2D eigenvalue weighted by Crippen LogP contribution is 2.40. The van der Waals surface area contributed by atoms with Crippen LogP contribution in [-0.2, 0) is 12.4 Å². The summed E-state index contributed by atoms with van der Waals surface area (Å²) in [4.78, 5) is 3.89. The van der Waals surface area contributed by atoms with E-state index in [2.05, 4.69) is 4.98 Å². The van der Waals surface area contributed by atoms with Crippen LogP contribution >= 0.6 is 0 Å². The molecule has 0 amide bonds. The topological polar surface area (TPSA) is 52.0 Å². The lowest BCUT2D eigenvalue weighted by Gasteiger charge is -2.09. The summed E-state index contributed by atoms with van der Waals surface area (Å²) in [6.45, 7) is 0. The first-order valence-electron chi connectivity index (χ1n) is 6.51. The van der Waals surface area contributed by atoms with Crippen LogP contribution in [0, 0.1) is 0 Å². The van der Waals surface area contributed by atoms with Gasteiger partial charge in [0.1, 0.15) is 11.1 Å². The zero-order valence-electron chi connectivity index (χ0n) is 11.7. The van der Waals surface area contributed by atoms with Crippen LogP contribution in [0.3, 0.4) is 0 Å². The maximum Gasteiger partial charge on any atom is 0.422 e. The van der Waals surface area contributed by atoms with Gasteiger partial charge in [0.15, 0.2) is 5.58 Å². The Balaban J connectivity index is 2.12. The Morgan fingerprint density at radius 1 is 0.833 bits per heavy atom. The first-order chi connectivity index (χ1) is 11.1. The summed E-state index contributed by atoms with van der Waals surface area (Å²) in [5.74, 6) is -0.227. The minimum absolute atomic E-state index is 0.0913. The van der Waals surface area contributed by atoms with E-state index in [0.29, 0.717) is 0 Å². The van der Waals surface area contributed by atoms with Crippen LogP contribution in [0.4, 0.5) is 32.0 Å². The number of benzene rings is 2. The predicted octanol–water partition coefficient (Wildman–Crippen LogP) is 5.11. The molecule has 9 heteroatoms. The molecule has 3 rings (SSSR count). The van der Waals surface area contributed by atoms with Gasteiger partial charge in [0.2, 0.25) is 5.89 Å². The van der Waals surface area contributed by atoms with E-state index < -0.39 is 34.7 Å². The van der Waals surface area contributed by atoms with Crippen molar-refractivity contribution in [3.8, 4) is 11.5 Å². The van der Waals surface area contributed by atoms with Crippen molar-refractivity contribution in [2.24, 2.45) is 0 Å². The fourth-order valence-electron chi connectivity index (χ4n) is 2.22. The third kappa shape index (κ3) is 2.77. The van der Waals surface area contributed by atoms with Crippen LogP contribution in [0.5, 0.6) is 0 Å². The number of aromatic nitrogens is 1. The number of rotatable bonds is 1. The molecule has 24 heavy (non-hydrogen) atoms. The lowest BCUT2D eigenvalue weighted by atomic mass is 10.1. The van der Waals surface area contributed by atoms with E-state index in [4.69, 9.17) is 10.2 Å². The second-order valence-electron chi connectivity index (χ2n) is 4.97. The van der Waals surface area contributed by atoms with Crippen molar-refractivity contribution in [2.45, 2.75) is 12.4 Å². The first-order valence-corrected chi connectivity index (χ1v) is 6.51. The third-order valence-corrected chi connectivity index (χ3v) is 3.33. The number of nitrogens with zero attached hydrogens (tertiary/aromatic N) is 1. The third-order valence-electron chi connectivity index (χ3n) is 3.33. The number of hydrogen-bond acceptors (Lipinski definition) is 3. The minimum Gasteiger partial charge on any atom is -0.435 e. The number of hydrogen-bond donors (Lipinski definition) is 1. The van der Waals surface area contributed by atoms with Crippen molar-refractivity contribution in [2.75, 3.05) is 5.73 Å². The Morgan fingerprint density at radius 2 is 1.46 bits per heavy atom. The van der Waals surface area contributed by atoms with Crippen molar-refractivity contribution in [1.29, 1.82) is 0 Å². The molecule has 2 aromatic carbocycles. The van der Waals surface area contributed by atoms with Crippen molar-refractivity contribution < 1.29 is 30.8 Å². The Hall–Kier alpha value is -2.71. The van der Waals surface area contributed by atoms with E-state index in [9.17, 15) is 26.3 Å². The van der Waals surface area contributed by atoms with Crippen LogP contribution in [0.25, 0.3) is 22.6 Å². The highest BCUT2D eigenvalue weighted by Gasteiger charge is 2.37. The largest absolute Gasteiger partial charge is 0.435 e. The van der Waals surface area contributed by atoms with Gasteiger partial charge in [-0.25, -0.2) is 4.98 Å². The molecule has 0 aliphatic heterocycles. The van der Waals surface area contributed by atoms with Gasteiger partial charge >= 0.3 is 12.4 Å². The summed E-state index contributed by atoms with van der Waals surface area (Å²) in [7, 11) is 0. The van der Waals surface area contributed by atoms with Crippen LogP contribution in [0.15, 0.2) is 40.8 Å². The summed E-state index contributed by atoms with van der Waals surface area (Å²) < 4.78 is 82.0. The van der Waals surface area contributed by atoms with Gasteiger partial charge in [-0.3, -0.25) is 0 Å². The number of halogens is 6. The Kier molecular flexibility index (Phi) is 3.47. The van der Waals surface area contributed by atoms with Crippen molar-refractivity contribution in [3.63, 3.8) is 0 Å². The average molecular weight is 346 g/mol. The molecule has 126 valence electrons. The van der Waals surface area contributed by atoms with Crippen LogP contribution < -0.4 is 5.73 Å². The summed E-state index contributed by atoms with van der Waals surface area (Å²) in [5.41, 5.74) is 2.25. The lowest BCUT2D eigenvalue weighted by Crippen LogP contribution is -2.09. The lowest BCUT2D eigenvalue weighted by molar-refractivity contribution is -0.138. The number of nitrogen functional groups attached to an aromatic ring is 1. The summed E-state index contributed by atoms with van der Waals surface area (Å²) >= 11 is 0. The number of alkyl halides is 6. The molecule has 0 saturated carbocycles. The SMILES string of the molecule is Nc1ccc2nc(-c3ccc(C(F)(F)F)cc3)oc2c1C(F)(F)F. The molecule has 0 fully saturated rings. The summed E-state index contributed by atoms with van der Waals surface area (Å²) in [6, 6.07) is 6.03. The van der Waals surface area contributed by atoms with E-state index in [1.165, 1.54) is 6.07 Å². The molecule has 1 aromatic heterocycles. The van der Waals surface area contributed by atoms with Crippen molar-refractivity contribution in [3.05, 3.63) is 47.5 Å². The number of fused-ring (bicyclic) bond motifs is 1. The molecular weight excluding hydrogens is 338 g/mol. The number of oxazole rings is 1. The summed E-state index contributed by atoms with van der Waals surface area (Å²) in [5, 5.41) is 0. The Labute approximate surface area is 130 Å². The van der Waals surface area contributed by atoms with Gasteiger partial charge in [0, 0.05) is 11.3 Å². The highest BCUT2D eigenvalue weighted by molar-refractivity contribution is 5.84. The van der Waals surface area contributed by atoms with Crippen LogP contribution in [0.2, 0.25) is 0 Å². The molecular formula is C15H8F6N2O. The normalized spacial score (nSPS) is 12.8. The van der Waals surface area contributed by atoms with Gasteiger partial charge < -0.3 is 10.2 Å². The van der Waals surface area contributed by atoms with Gasteiger partial charge in [0.25, 0.3) is 0 Å². The molecule has 1 heterocycles. The van der Waals surface area contributed by atoms with Crippen molar-refractivity contribution in [1.82, 2.24) is 4.98 Å². The molecule has 0 radical (unpaired) electrons. The van der Waals surface area contributed by atoms with Crippen LogP contribution in [-0.4, -0.2) is 4.98 Å². The smallest absolute Gasteiger partial charge is 0.422 e. The van der Waals surface area contributed by atoms with Crippen molar-refractivity contribution >= 4 is 16.8 Å². The maximum atomic E-state index is 13.1. The number of nitrogens with two attached hydrogens (primary N) is 1. The van der Waals surface area contributed by atoms with E-state index in [0.717, 1.165) is 30.3 Å². The predicted molar refractivity (Wildman–Crippen MR) is 73.9 cm³/mol. The standard InChI is InChI=1S/C15H8F6N2O/c16-14(17,18)8-3-1-7(2-4-8)13-23-10-6-5-9(22)11(12(10)24-13)15(19,20)21/h1-6H,22H2. The second-order valence-corrected chi connectivity index (χ2v) is 4.97. The van der Waals surface area contributed by atoms with Gasteiger partial charge in [-0.1, -0.05) is 0 Å². The zero-order chi connectivity index (χ0) is 17.7. The molecule has 3 aromatic rings. The summed E-state index contributed by atoms with van der Waals surface area (Å²) in [6.07, 6.45) is -9.27. The molecule has 0 unspecified atom stereocenters. The second kappa shape index (κ2) is 5.15. The fraction of sp³-hybridized carbons (Fsp3) is 0.133. The molecule has 0 saturated heterocycles. The molecule has 0 aliphatic rings. The fourth-order valence-corrected chi connectivity index (χ4v) is 2.22. The molecule has 0 aliphatic carbocycles. The zero-order valence-corrected chi connectivity index (χ0v) is 11.7. The monoisotopic (exact) mass is 346 g/mol. The maximum absolute atomic E-state index is 13.1. The van der Waals surface area contributed by atoms with Gasteiger partial charge in [-0.05, 0) is 36.4 Å². The van der Waals surface area contributed by atoms with E-state index in [-0.39, 0.29) is 17.0 Å². The molecule has 0 bridgehead atoms. The average Bonchev–Trinajstić information content (AvgIpc) is 2.88. The Morgan fingerprint density at radius 3 is 2.00 bits per heavy atom. The molecule has 0 spiro atoms. The van der Waals surface area contributed by atoms with E-state index >= 15 is 0 Å². The quantitative estimate of drug-likeness (QED) is 0.492. The van der Waals surface area contributed by atoms with E-state index in [1.807, 2.05) is 0 Å². The minimum atomic E-state index is -4.75. The van der Waals surface area contributed by atoms with Crippen LogP contribution in [0.1, 0.15) is 11.1 Å². The molecule has 2 N–H and O–H groups in total. The first kappa shape index (κ1) is 16.2.